The highest BCUT2D eigenvalue weighted by molar-refractivity contribution is 5.92. The predicted molar refractivity (Wildman–Crippen MR) is 113 cm³/mol. The number of aliphatic hydroxyl groups excluding tert-OH is 1. The highest BCUT2D eigenvalue weighted by Gasteiger charge is 2.31. The molecule has 154 valence electrons. The maximum absolute atomic E-state index is 14.6. The molecule has 0 amide bonds. The molecule has 3 heterocycles. The van der Waals surface area contributed by atoms with Crippen LogP contribution in [0.15, 0.2) is 29.6 Å². The minimum Gasteiger partial charge on any atom is -0.384 e. The fourth-order valence-corrected chi connectivity index (χ4v) is 5.01. The van der Waals surface area contributed by atoms with E-state index in [0.29, 0.717) is 40.1 Å². The average molecular weight is 406 g/mol. The zero-order valence-corrected chi connectivity index (χ0v) is 17.1. The molecule has 0 radical (unpaired) electrons. The van der Waals surface area contributed by atoms with Crippen LogP contribution in [0.2, 0.25) is 0 Å². The summed E-state index contributed by atoms with van der Waals surface area (Å²) >= 11 is 0. The summed E-state index contributed by atoms with van der Waals surface area (Å²) in [6.07, 6.45) is 3.08. The second-order valence-electron chi connectivity index (χ2n) is 8.10. The van der Waals surface area contributed by atoms with Crippen LogP contribution in [0.3, 0.4) is 0 Å². The molecule has 0 spiro atoms. The van der Waals surface area contributed by atoms with Gasteiger partial charge in [0.25, 0.3) is 5.56 Å². The first kappa shape index (κ1) is 19.2. The zero-order valence-electron chi connectivity index (χ0n) is 17.1. The SMILES string of the molecule is C=CC(O)c1cc2n(c(=O)c1COC)Cc1c-2nc2cc(F)c(C)c3c2c1CCC3. The number of pyridine rings is 2. The second kappa shape index (κ2) is 6.86. The minimum absolute atomic E-state index is 0.104. The molecule has 5 nitrogen and oxygen atoms in total. The fraction of sp³-hybridized carbons (Fsp3) is 0.333. The summed E-state index contributed by atoms with van der Waals surface area (Å²) < 4.78 is 21.5. The van der Waals surface area contributed by atoms with E-state index in [1.807, 2.05) is 6.92 Å². The Morgan fingerprint density at radius 1 is 1.33 bits per heavy atom. The van der Waals surface area contributed by atoms with Gasteiger partial charge >= 0.3 is 0 Å². The van der Waals surface area contributed by atoms with Gasteiger partial charge in [0, 0.05) is 29.7 Å². The van der Waals surface area contributed by atoms with Crippen LogP contribution in [-0.4, -0.2) is 21.8 Å². The molecule has 30 heavy (non-hydrogen) atoms. The van der Waals surface area contributed by atoms with Crippen LogP contribution in [0.1, 0.15) is 45.9 Å². The smallest absolute Gasteiger partial charge is 0.257 e. The molecule has 0 bridgehead atoms. The van der Waals surface area contributed by atoms with Gasteiger partial charge in [0.05, 0.1) is 36.2 Å². The van der Waals surface area contributed by atoms with E-state index in [2.05, 4.69) is 6.58 Å². The number of hydrogen-bond donors (Lipinski definition) is 1. The van der Waals surface area contributed by atoms with Gasteiger partial charge in [-0.15, -0.1) is 6.58 Å². The van der Waals surface area contributed by atoms with Crippen LogP contribution in [0.4, 0.5) is 4.39 Å². The van der Waals surface area contributed by atoms with Gasteiger partial charge in [-0.05, 0) is 54.5 Å². The predicted octanol–water partition coefficient (Wildman–Crippen LogP) is 3.73. The van der Waals surface area contributed by atoms with E-state index in [0.717, 1.165) is 35.8 Å². The Labute approximate surface area is 173 Å². The molecule has 1 aliphatic heterocycles. The molecule has 2 aromatic heterocycles. The molecule has 5 rings (SSSR count). The fourth-order valence-electron chi connectivity index (χ4n) is 5.01. The van der Waals surface area contributed by atoms with Gasteiger partial charge in [-0.2, -0.15) is 0 Å². The molecule has 0 saturated carbocycles. The van der Waals surface area contributed by atoms with E-state index in [-0.39, 0.29) is 18.0 Å². The molecular weight excluding hydrogens is 383 g/mol. The van der Waals surface area contributed by atoms with Gasteiger partial charge in [-0.3, -0.25) is 4.79 Å². The van der Waals surface area contributed by atoms with Crippen LogP contribution >= 0.6 is 0 Å². The van der Waals surface area contributed by atoms with Crippen molar-refractivity contribution in [2.75, 3.05) is 7.11 Å². The van der Waals surface area contributed by atoms with E-state index in [1.54, 1.807) is 10.6 Å². The van der Waals surface area contributed by atoms with Crippen molar-refractivity contribution >= 4 is 10.9 Å². The lowest BCUT2D eigenvalue weighted by Crippen LogP contribution is -2.26. The maximum Gasteiger partial charge on any atom is 0.257 e. The summed E-state index contributed by atoms with van der Waals surface area (Å²) in [5, 5.41) is 11.5. The third-order valence-corrected chi connectivity index (χ3v) is 6.49. The number of halogens is 1. The van der Waals surface area contributed by atoms with Crippen LogP contribution in [0, 0.1) is 12.7 Å². The number of nitrogens with zero attached hydrogens (tertiary/aromatic N) is 2. The first-order chi connectivity index (χ1) is 14.5. The van der Waals surface area contributed by atoms with Crippen LogP contribution in [0.5, 0.6) is 0 Å². The zero-order chi connectivity index (χ0) is 21.2. The van der Waals surface area contributed by atoms with Crippen molar-refractivity contribution in [2.45, 2.75) is 45.4 Å². The molecular formula is C24H23FN2O3. The van der Waals surface area contributed by atoms with Crippen LogP contribution in [-0.2, 0) is 30.7 Å². The summed E-state index contributed by atoms with van der Waals surface area (Å²) in [6.45, 7) is 6.01. The third kappa shape index (κ3) is 2.53. The monoisotopic (exact) mass is 406 g/mol. The molecule has 1 unspecified atom stereocenters. The maximum atomic E-state index is 14.6. The van der Waals surface area contributed by atoms with Crippen LogP contribution in [0.25, 0.3) is 22.3 Å². The molecule has 0 saturated heterocycles. The topological polar surface area (TPSA) is 64.4 Å². The number of ether oxygens (including phenoxy) is 1. The highest BCUT2D eigenvalue weighted by atomic mass is 19.1. The number of hydrogen-bond acceptors (Lipinski definition) is 4. The van der Waals surface area contributed by atoms with Crippen LogP contribution < -0.4 is 5.56 Å². The number of aryl methyl sites for hydroxylation is 2. The molecule has 1 aromatic carbocycles. The summed E-state index contributed by atoms with van der Waals surface area (Å²) in [6, 6.07) is 3.30. The lowest BCUT2D eigenvalue weighted by molar-refractivity contribution is 0.175. The van der Waals surface area contributed by atoms with E-state index < -0.39 is 6.10 Å². The Kier molecular flexibility index (Phi) is 4.38. The summed E-state index contributed by atoms with van der Waals surface area (Å²) in [7, 11) is 1.52. The van der Waals surface area contributed by atoms with Crippen molar-refractivity contribution < 1.29 is 14.2 Å². The molecule has 0 fully saturated rings. The van der Waals surface area contributed by atoms with Gasteiger partial charge in [-0.25, -0.2) is 9.37 Å². The Hall–Kier alpha value is -2.83. The lowest BCUT2D eigenvalue weighted by Gasteiger charge is -2.21. The van der Waals surface area contributed by atoms with Gasteiger partial charge in [0.15, 0.2) is 0 Å². The second-order valence-corrected chi connectivity index (χ2v) is 8.10. The Bertz CT molecular complexity index is 1290. The van der Waals surface area contributed by atoms with Crippen molar-refractivity contribution in [3.8, 4) is 11.4 Å². The van der Waals surface area contributed by atoms with Crippen molar-refractivity contribution in [3.05, 3.63) is 74.3 Å². The van der Waals surface area contributed by atoms with E-state index in [9.17, 15) is 14.3 Å². The Morgan fingerprint density at radius 3 is 2.83 bits per heavy atom. The van der Waals surface area contributed by atoms with Gasteiger partial charge in [0.2, 0.25) is 0 Å². The third-order valence-electron chi connectivity index (χ3n) is 6.49. The normalized spacial score (nSPS) is 15.2. The Morgan fingerprint density at radius 2 is 2.10 bits per heavy atom. The van der Waals surface area contributed by atoms with Crippen molar-refractivity contribution in [1.29, 1.82) is 0 Å². The number of benzene rings is 1. The molecule has 3 aromatic rings. The summed E-state index contributed by atoms with van der Waals surface area (Å²) in [5.74, 6) is -0.244. The molecule has 2 aliphatic rings. The number of aliphatic hydroxyl groups is 1. The molecule has 1 aliphatic carbocycles. The summed E-state index contributed by atoms with van der Waals surface area (Å²) in [5.41, 5.74) is 6.60. The molecule has 6 heteroatoms. The first-order valence-electron chi connectivity index (χ1n) is 10.2. The number of methoxy groups -OCH3 is 1. The van der Waals surface area contributed by atoms with E-state index >= 15 is 0 Å². The molecule has 1 N–H and O–H groups in total. The van der Waals surface area contributed by atoms with E-state index in [4.69, 9.17) is 9.72 Å². The first-order valence-corrected chi connectivity index (χ1v) is 10.2. The highest BCUT2D eigenvalue weighted by Crippen LogP contribution is 2.41. The molecule has 1 atom stereocenters. The quantitative estimate of drug-likeness (QED) is 0.525. The average Bonchev–Trinajstić information content (AvgIpc) is 3.12. The standard InChI is InChI=1S/C24H23FN2O3/c1-4-21(28)15-8-20-23-16(10-27(20)24(29)17(15)11-30-3)14-7-5-6-13-12(2)18(25)9-19(26-23)22(13)14/h4,8-9,21,28H,1,5-7,10-11H2,2-3H3. The van der Waals surface area contributed by atoms with Gasteiger partial charge in [-0.1, -0.05) is 6.08 Å². The van der Waals surface area contributed by atoms with Crippen molar-refractivity contribution in [3.63, 3.8) is 0 Å². The number of aromatic nitrogens is 2. The van der Waals surface area contributed by atoms with Crippen molar-refractivity contribution in [2.24, 2.45) is 0 Å². The van der Waals surface area contributed by atoms with Gasteiger partial charge in [0.1, 0.15) is 5.82 Å². The largest absolute Gasteiger partial charge is 0.384 e. The summed E-state index contributed by atoms with van der Waals surface area (Å²) in [4.78, 5) is 18.1. The number of rotatable bonds is 4. The minimum atomic E-state index is -0.983. The van der Waals surface area contributed by atoms with E-state index in [1.165, 1.54) is 24.8 Å². The van der Waals surface area contributed by atoms with Crippen molar-refractivity contribution in [1.82, 2.24) is 9.55 Å². The number of fused-ring (bicyclic) bond motifs is 4. The lowest BCUT2D eigenvalue weighted by atomic mass is 9.85. The van der Waals surface area contributed by atoms with Gasteiger partial charge < -0.3 is 14.4 Å². The Balaban J connectivity index is 1.84.